The first-order chi connectivity index (χ1) is 2.56. The van der Waals surface area contributed by atoms with Crippen LogP contribution in [0, 0.1) is 0 Å². The normalized spacial score (nSPS) is 12.0. The standard InChI is InChI=1S/C5H14As/c1-5-6(2,3)4/h5H2,1-4H3. The molecule has 0 N–H and O–H groups in total. The Bertz CT molecular complexity index is 33.7. The van der Waals surface area contributed by atoms with Gasteiger partial charge in [0.05, 0.1) is 0 Å². The molecule has 0 bridgehead atoms. The predicted molar refractivity (Wildman–Crippen MR) is 33.8 cm³/mol. The van der Waals surface area contributed by atoms with E-state index in [0.717, 1.165) is 0 Å². The van der Waals surface area contributed by atoms with E-state index in [1.807, 2.05) is 0 Å². The average Bonchev–Trinajstić information content (AvgIpc) is 1.35. The van der Waals surface area contributed by atoms with Crippen molar-refractivity contribution in [3.05, 3.63) is 0 Å². The molecule has 0 aliphatic heterocycles. The van der Waals surface area contributed by atoms with Crippen molar-refractivity contribution in [1.29, 1.82) is 0 Å². The van der Waals surface area contributed by atoms with Gasteiger partial charge in [-0.05, 0) is 0 Å². The van der Waals surface area contributed by atoms with Crippen LogP contribution in [0.1, 0.15) is 6.92 Å². The van der Waals surface area contributed by atoms with Crippen molar-refractivity contribution in [2.24, 2.45) is 0 Å². The third kappa shape index (κ3) is 4.56. The molecular weight excluding hydrogens is 135 g/mol. The van der Waals surface area contributed by atoms with E-state index in [-0.39, 0.29) is 0 Å². The molecule has 0 amide bonds. The van der Waals surface area contributed by atoms with Crippen LogP contribution in [0.3, 0.4) is 0 Å². The van der Waals surface area contributed by atoms with Crippen LogP contribution in [0.4, 0.5) is 0 Å². The Morgan fingerprint density at radius 2 is 1.33 bits per heavy atom. The zero-order valence-electron chi connectivity index (χ0n) is 5.15. The van der Waals surface area contributed by atoms with Gasteiger partial charge in [0.2, 0.25) is 0 Å². The van der Waals surface area contributed by atoms with Gasteiger partial charge in [0.25, 0.3) is 0 Å². The molecule has 6 heavy (non-hydrogen) atoms. The van der Waals surface area contributed by atoms with Crippen LogP contribution in [-0.4, -0.2) is 13.6 Å². The van der Waals surface area contributed by atoms with Crippen LogP contribution < -0.4 is 0 Å². The first kappa shape index (κ1) is 6.56. The molecular formula is C5H14As. The molecule has 0 saturated heterocycles. The van der Waals surface area contributed by atoms with Gasteiger partial charge in [0.1, 0.15) is 0 Å². The van der Waals surface area contributed by atoms with Crippen molar-refractivity contribution in [2.45, 2.75) is 29.3 Å². The van der Waals surface area contributed by atoms with E-state index in [9.17, 15) is 0 Å². The predicted octanol–water partition coefficient (Wildman–Crippen LogP) is 2.34. The summed E-state index contributed by atoms with van der Waals surface area (Å²) in [6, 6.07) is 0. The van der Waals surface area contributed by atoms with Crippen LogP contribution in [0.5, 0.6) is 0 Å². The van der Waals surface area contributed by atoms with Gasteiger partial charge in [-0.15, -0.1) is 0 Å². The van der Waals surface area contributed by atoms with Crippen LogP contribution >= 0.6 is 0 Å². The summed E-state index contributed by atoms with van der Waals surface area (Å²) in [6.45, 7) is 2.28. The molecule has 0 aromatic rings. The summed E-state index contributed by atoms with van der Waals surface area (Å²) >= 11 is -0.910. The molecule has 0 fully saturated rings. The summed E-state index contributed by atoms with van der Waals surface area (Å²) < 4.78 is 0. The molecule has 0 aromatic heterocycles. The zero-order valence-corrected chi connectivity index (χ0v) is 7.03. The fourth-order valence-electron chi connectivity index (χ4n) is 0. The van der Waals surface area contributed by atoms with Crippen molar-refractivity contribution >= 4 is 13.6 Å². The number of hydrogen-bond donors (Lipinski definition) is 0. The molecule has 0 aromatic carbocycles. The van der Waals surface area contributed by atoms with Crippen molar-refractivity contribution in [2.75, 3.05) is 0 Å². The summed E-state index contributed by atoms with van der Waals surface area (Å²) in [4.78, 5) is 0. The van der Waals surface area contributed by atoms with E-state index in [4.69, 9.17) is 0 Å². The van der Waals surface area contributed by atoms with Crippen molar-refractivity contribution < 1.29 is 0 Å². The van der Waals surface area contributed by atoms with E-state index in [1.165, 1.54) is 5.21 Å². The summed E-state index contributed by atoms with van der Waals surface area (Å²) in [7, 11) is 0. The molecule has 0 heterocycles. The first-order valence-electron chi connectivity index (χ1n) is 2.36. The van der Waals surface area contributed by atoms with Gasteiger partial charge < -0.3 is 0 Å². The third-order valence-corrected chi connectivity index (χ3v) is 4.93. The van der Waals surface area contributed by atoms with Gasteiger partial charge in [-0.1, -0.05) is 0 Å². The van der Waals surface area contributed by atoms with Gasteiger partial charge >= 0.3 is 42.8 Å². The van der Waals surface area contributed by atoms with Gasteiger partial charge in [-0.2, -0.15) is 0 Å². The maximum absolute atomic E-state index is 2.41. The SMILES string of the molecule is CC[As](C)(C)C. The molecule has 39 valence electrons. The Kier molecular flexibility index (Phi) is 2.21. The van der Waals surface area contributed by atoms with Crippen molar-refractivity contribution in [3.63, 3.8) is 0 Å². The van der Waals surface area contributed by atoms with E-state index in [2.05, 4.69) is 24.1 Å². The topological polar surface area (TPSA) is 0 Å². The first-order valence-corrected chi connectivity index (χ1v) is 9.32. The molecule has 1 radical (unpaired) electrons. The zero-order chi connectivity index (χ0) is 5.21. The Balaban J connectivity index is 3.17. The van der Waals surface area contributed by atoms with E-state index >= 15 is 0 Å². The summed E-state index contributed by atoms with van der Waals surface area (Å²) in [5.41, 5.74) is 7.24. The van der Waals surface area contributed by atoms with Gasteiger partial charge in [-0.3, -0.25) is 0 Å². The molecule has 1 heteroatoms. The van der Waals surface area contributed by atoms with Crippen LogP contribution in [-0.2, 0) is 0 Å². The fraction of sp³-hybridized carbons (Fsp3) is 1.00. The van der Waals surface area contributed by atoms with Crippen molar-refractivity contribution in [1.82, 2.24) is 0 Å². The molecule has 0 spiro atoms. The second-order valence-electron chi connectivity index (χ2n) is 2.61. The molecule has 0 nitrogen and oxygen atoms in total. The Morgan fingerprint density at radius 3 is 1.33 bits per heavy atom. The number of hydrogen-bond acceptors (Lipinski definition) is 0. The monoisotopic (exact) mass is 149 g/mol. The quantitative estimate of drug-likeness (QED) is 0.502. The second-order valence-corrected chi connectivity index (χ2v) is 13.5. The summed E-state index contributed by atoms with van der Waals surface area (Å²) in [5.74, 6) is 0. The number of rotatable bonds is 1. The van der Waals surface area contributed by atoms with E-state index in [1.54, 1.807) is 0 Å². The van der Waals surface area contributed by atoms with Crippen molar-refractivity contribution in [3.8, 4) is 0 Å². The molecule has 0 aliphatic rings. The van der Waals surface area contributed by atoms with Crippen LogP contribution in [0.2, 0.25) is 22.3 Å². The minimum absolute atomic E-state index is 0.910. The van der Waals surface area contributed by atoms with Crippen LogP contribution in [0.15, 0.2) is 0 Å². The minimum atomic E-state index is -0.910. The average molecular weight is 149 g/mol. The molecule has 0 atom stereocenters. The third-order valence-electron chi connectivity index (χ3n) is 0.949. The second kappa shape index (κ2) is 2.02. The maximum atomic E-state index is 2.41. The molecule has 0 rings (SSSR count). The van der Waals surface area contributed by atoms with E-state index in [0.29, 0.717) is 0 Å². The Morgan fingerprint density at radius 1 is 1.17 bits per heavy atom. The summed E-state index contributed by atoms with van der Waals surface area (Å²) in [5, 5.41) is 1.44. The van der Waals surface area contributed by atoms with Gasteiger partial charge in [0, 0.05) is 0 Å². The molecule has 0 saturated carbocycles. The fourth-order valence-corrected chi connectivity index (χ4v) is 0. The summed E-state index contributed by atoms with van der Waals surface area (Å²) in [6.07, 6.45) is 0. The Labute approximate surface area is 43.4 Å². The van der Waals surface area contributed by atoms with Gasteiger partial charge in [0.15, 0.2) is 0 Å². The molecule has 0 unspecified atom stereocenters. The van der Waals surface area contributed by atoms with Crippen LogP contribution in [0.25, 0.3) is 0 Å². The molecule has 0 aliphatic carbocycles. The van der Waals surface area contributed by atoms with Gasteiger partial charge in [-0.25, -0.2) is 0 Å². The Hall–Kier alpha value is 0.558. The van der Waals surface area contributed by atoms with E-state index < -0.39 is 13.6 Å².